The van der Waals surface area contributed by atoms with Crippen LogP contribution in [0.4, 0.5) is 14.5 Å². The van der Waals surface area contributed by atoms with Gasteiger partial charge < -0.3 is 16.2 Å². The molecule has 0 unspecified atom stereocenters. The number of nitrogens with zero attached hydrogens (tertiary/aromatic N) is 2. The van der Waals surface area contributed by atoms with E-state index in [9.17, 15) is 18.7 Å². The molecule has 0 radical (unpaired) electrons. The molecule has 32 heavy (non-hydrogen) atoms. The number of hydrogen-bond donors (Lipinski definition) is 3. The molecule has 166 valence electrons. The van der Waals surface area contributed by atoms with Gasteiger partial charge in [0, 0.05) is 12.2 Å². The normalized spacial score (nSPS) is 23.0. The minimum absolute atomic E-state index is 0.0177. The average molecular weight is 438 g/mol. The Kier molecular flexibility index (Phi) is 6.25. The Morgan fingerprint density at radius 1 is 1.12 bits per heavy atom. The van der Waals surface area contributed by atoms with Crippen molar-refractivity contribution in [3.05, 3.63) is 77.8 Å². The largest absolute Gasteiger partial charge is 0.391 e. The molecule has 0 spiro atoms. The third-order valence-electron chi connectivity index (χ3n) is 5.98. The van der Waals surface area contributed by atoms with Gasteiger partial charge in [0.1, 0.15) is 17.3 Å². The van der Waals surface area contributed by atoms with Crippen LogP contribution in [0.15, 0.2) is 54.9 Å². The van der Waals surface area contributed by atoms with Crippen molar-refractivity contribution < 1.29 is 18.7 Å². The number of aliphatic hydroxyl groups is 1. The molecule has 6 nitrogen and oxygen atoms in total. The van der Waals surface area contributed by atoms with Crippen molar-refractivity contribution >= 4 is 11.6 Å². The summed E-state index contributed by atoms with van der Waals surface area (Å²) in [5, 5.41) is 13.0. The van der Waals surface area contributed by atoms with Gasteiger partial charge in [-0.2, -0.15) is 0 Å². The Hall–Kier alpha value is -3.23. The number of hydrogen-bond acceptors (Lipinski definition) is 5. The van der Waals surface area contributed by atoms with Crippen LogP contribution >= 0.6 is 0 Å². The fraction of sp³-hybridized carbons (Fsp3) is 0.292. The van der Waals surface area contributed by atoms with E-state index in [1.807, 2.05) is 13.0 Å². The summed E-state index contributed by atoms with van der Waals surface area (Å²) in [4.78, 5) is 21.2. The van der Waals surface area contributed by atoms with E-state index in [2.05, 4.69) is 15.3 Å². The van der Waals surface area contributed by atoms with Gasteiger partial charge in [0.2, 0.25) is 0 Å². The van der Waals surface area contributed by atoms with E-state index in [1.54, 1.807) is 12.4 Å². The second-order valence-electron chi connectivity index (χ2n) is 8.22. The quantitative estimate of drug-likeness (QED) is 0.574. The molecular weight excluding hydrogens is 414 g/mol. The molecule has 4 N–H and O–H groups in total. The molecule has 1 aromatic carbocycles. The zero-order valence-electron chi connectivity index (χ0n) is 17.5. The predicted octanol–water partition coefficient (Wildman–Crippen LogP) is 3.88. The van der Waals surface area contributed by atoms with Crippen LogP contribution in [0.5, 0.6) is 0 Å². The molecule has 2 heterocycles. The van der Waals surface area contributed by atoms with E-state index in [1.165, 1.54) is 24.3 Å². The lowest BCUT2D eigenvalue weighted by Crippen LogP contribution is -2.44. The van der Waals surface area contributed by atoms with Gasteiger partial charge in [-0.1, -0.05) is 19.1 Å². The topological polar surface area (TPSA) is 101 Å². The lowest BCUT2D eigenvalue weighted by Gasteiger charge is -2.36. The smallest absolute Gasteiger partial charge is 0.274 e. The summed E-state index contributed by atoms with van der Waals surface area (Å²) in [7, 11) is 0. The number of nitrogens with two attached hydrogens (primary N) is 1. The Labute approximate surface area is 184 Å². The molecule has 2 aromatic heterocycles. The molecule has 1 aliphatic rings. The maximum atomic E-state index is 14.1. The van der Waals surface area contributed by atoms with Gasteiger partial charge in [0.15, 0.2) is 0 Å². The summed E-state index contributed by atoms with van der Waals surface area (Å²) in [6.07, 6.45) is 3.94. The van der Waals surface area contributed by atoms with E-state index in [-0.39, 0.29) is 34.8 Å². The van der Waals surface area contributed by atoms with Crippen molar-refractivity contribution in [3.8, 4) is 11.3 Å². The highest BCUT2D eigenvalue weighted by Crippen LogP contribution is 2.38. The summed E-state index contributed by atoms with van der Waals surface area (Å²) in [6, 6.07) is 9.47. The van der Waals surface area contributed by atoms with Crippen molar-refractivity contribution in [1.82, 2.24) is 9.97 Å². The fourth-order valence-electron chi connectivity index (χ4n) is 4.32. The first-order chi connectivity index (χ1) is 15.3. The highest BCUT2D eigenvalue weighted by Gasteiger charge is 2.34. The molecule has 4 atom stereocenters. The number of rotatable bonds is 4. The summed E-state index contributed by atoms with van der Waals surface area (Å²) in [5.41, 5.74) is 7.26. The second kappa shape index (κ2) is 9.10. The molecule has 1 fully saturated rings. The number of halogens is 2. The number of benzene rings is 1. The Morgan fingerprint density at radius 3 is 2.56 bits per heavy atom. The first-order valence-corrected chi connectivity index (χ1v) is 10.5. The van der Waals surface area contributed by atoms with Crippen molar-refractivity contribution in [2.45, 2.75) is 37.8 Å². The molecule has 3 aromatic rings. The van der Waals surface area contributed by atoms with Gasteiger partial charge in [0.05, 0.1) is 29.2 Å². The first-order valence-electron chi connectivity index (χ1n) is 10.5. The Morgan fingerprint density at radius 2 is 1.84 bits per heavy atom. The monoisotopic (exact) mass is 438 g/mol. The van der Waals surface area contributed by atoms with Crippen LogP contribution in [0.3, 0.4) is 0 Å². The molecule has 1 saturated carbocycles. The fourth-order valence-corrected chi connectivity index (χ4v) is 4.32. The van der Waals surface area contributed by atoms with Crippen LogP contribution < -0.4 is 11.1 Å². The SMILES string of the molecule is C[C@H]1C[C@@H](c2ccncc2NC(=O)c2cccc(-c3c(F)cccc3F)n2)C[C@@H](N)[C@H]1O. The van der Waals surface area contributed by atoms with Crippen molar-refractivity contribution in [2.75, 3.05) is 5.32 Å². The number of pyridine rings is 2. The Bertz CT molecular complexity index is 1110. The average Bonchev–Trinajstić information content (AvgIpc) is 2.77. The summed E-state index contributed by atoms with van der Waals surface area (Å²) < 4.78 is 28.3. The van der Waals surface area contributed by atoms with Crippen LogP contribution in [-0.2, 0) is 0 Å². The molecule has 8 heteroatoms. The van der Waals surface area contributed by atoms with Crippen LogP contribution in [0.2, 0.25) is 0 Å². The molecular formula is C24H24F2N4O2. The molecule has 1 aliphatic carbocycles. The second-order valence-corrected chi connectivity index (χ2v) is 8.22. The molecule has 0 aliphatic heterocycles. The highest BCUT2D eigenvalue weighted by molar-refractivity contribution is 6.03. The standard InChI is InChI=1S/C24H24F2N4O2/c1-13-10-14(11-18(27)23(13)31)15-8-9-28-12-21(15)30-24(32)20-7-3-6-19(29-20)22-16(25)4-2-5-17(22)26/h2-9,12-14,18,23,31H,10-11,27H2,1H3,(H,30,32)/t13-,14+,18+,23-/m0/s1. The Balaban J connectivity index is 1.60. The zero-order valence-corrected chi connectivity index (χ0v) is 17.5. The zero-order chi connectivity index (χ0) is 22.8. The predicted molar refractivity (Wildman–Crippen MR) is 117 cm³/mol. The number of aliphatic hydroxyl groups excluding tert-OH is 1. The van der Waals surface area contributed by atoms with E-state index < -0.39 is 23.6 Å². The van der Waals surface area contributed by atoms with Gasteiger partial charge >= 0.3 is 0 Å². The van der Waals surface area contributed by atoms with Crippen LogP contribution in [0.1, 0.15) is 41.7 Å². The highest BCUT2D eigenvalue weighted by atomic mass is 19.1. The van der Waals surface area contributed by atoms with Crippen molar-refractivity contribution in [3.63, 3.8) is 0 Å². The van der Waals surface area contributed by atoms with E-state index >= 15 is 0 Å². The number of anilines is 1. The van der Waals surface area contributed by atoms with Gasteiger partial charge in [-0.15, -0.1) is 0 Å². The van der Waals surface area contributed by atoms with Gasteiger partial charge in [-0.3, -0.25) is 9.78 Å². The number of amides is 1. The molecule has 0 saturated heterocycles. The number of aromatic nitrogens is 2. The maximum Gasteiger partial charge on any atom is 0.274 e. The third-order valence-corrected chi connectivity index (χ3v) is 5.98. The summed E-state index contributed by atoms with van der Waals surface area (Å²) in [6.45, 7) is 1.95. The van der Waals surface area contributed by atoms with Crippen LogP contribution in [0.25, 0.3) is 11.3 Å². The van der Waals surface area contributed by atoms with E-state index in [0.717, 1.165) is 24.1 Å². The maximum absolute atomic E-state index is 14.1. The van der Waals surface area contributed by atoms with E-state index in [0.29, 0.717) is 12.1 Å². The molecule has 4 rings (SSSR count). The number of carbonyl (C=O) groups is 1. The first kappa shape index (κ1) is 22.0. The van der Waals surface area contributed by atoms with Crippen LogP contribution in [-0.4, -0.2) is 33.1 Å². The summed E-state index contributed by atoms with van der Waals surface area (Å²) >= 11 is 0. The lowest BCUT2D eigenvalue weighted by molar-refractivity contribution is 0.0521. The minimum atomic E-state index is -0.755. The lowest BCUT2D eigenvalue weighted by atomic mass is 9.74. The number of carbonyl (C=O) groups excluding carboxylic acids is 1. The minimum Gasteiger partial charge on any atom is -0.391 e. The van der Waals surface area contributed by atoms with Crippen molar-refractivity contribution in [2.24, 2.45) is 11.7 Å². The van der Waals surface area contributed by atoms with Crippen molar-refractivity contribution in [1.29, 1.82) is 0 Å². The van der Waals surface area contributed by atoms with E-state index in [4.69, 9.17) is 5.73 Å². The molecule has 0 bridgehead atoms. The van der Waals surface area contributed by atoms with Gasteiger partial charge in [-0.25, -0.2) is 13.8 Å². The van der Waals surface area contributed by atoms with Gasteiger partial charge in [0.25, 0.3) is 5.91 Å². The third kappa shape index (κ3) is 4.37. The number of nitrogens with one attached hydrogen (secondary N) is 1. The van der Waals surface area contributed by atoms with Gasteiger partial charge in [-0.05, 0) is 60.6 Å². The molecule has 1 amide bonds. The van der Waals surface area contributed by atoms with Crippen LogP contribution in [0, 0.1) is 17.6 Å². The summed E-state index contributed by atoms with van der Waals surface area (Å²) in [5.74, 6) is -1.96.